The summed E-state index contributed by atoms with van der Waals surface area (Å²) in [5.41, 5.74) is 8.43. The van der Waals surface area contributed by atoms with Crippen LogP contribution in [0.4, 0.5) is 0 Å². The number of benzene rings is 3. The molecule has 0 saturated heterocycles. The Morgan fingerprint density at radius 3 is 2.21 bits per heavy atom. The quantitative estimate of drug-likeness (QED) is 0.130. The molecule has 42 heavy (non-hydrogen) atoms. The molecular weight excluding hydrogens is 709 g/mol. The average Bonchev–Trinajstić information content (AvgIpc) is 3.77. The van der Waals surface area contributed by atoms with E-state index in [1.807, 2.05) is 42.7 Å². The van der Waals surface area contributed by atoms with Crippen LogP contribution >= 0.6 is 0 Å². The number of nitrogens with zero attached hydrogens (tertiary/aromatic N) is 2. The van der Waals surface area contributed by atoms with Gasteiger partial charge in [0.05, 0.1) is 13.7 Å². The van der Waals surface area contributed by atoms with Crippen LogP contribution in [0.2, 0.25) is 19.6 Å². The van der Waals surface area contributed by atoms with E-state index in [1.54, 1.807) is 0 Å². The van der Waals surface area contributed by atoms with E-state index in [1.165, 1.54) is 39.9 Å². The van der Waals surface area contributed by atoms with Gasteiger partial charge in [-0.3, -0.25) is 0 Å². The van der Waals surface area contributed by atoms with Crippen LogP contribution in [-0.2, 0) is 20.1 Å². The molecule has 3 aromatic heterocycles. The summed E-state index contributed by atoms with van der Waals surface area (Å²) in [5, 5.41) is 3.90. The Kier molecular flexibility index (Phi) is 8.93. The second-order valence-corrected chi connectivity index (χ2v) is 17.3. The predicted octanol–water partition coefficient (Wildman–Crippen LogP) is 9.54. The van der Waals surface area contributed by atoms with Gasteiger partial charge in [0.2, 0.25) is 0 Å². The Labute approximate surface area is 263 Å². The van der Waals surface area contributed by atoms with Gasteiger partial charge in [0.1, 0.15) is 5.58 Å². The van der Waals surface area contributed by atoms with Gasteiger partial charge in [-0.2, -0.15) is 0 Å². The van der Waals surface area contributed by atoms with Crippen LogP contribution in [0.15, 0.2) is 95.7 Å². The minimum Gasteiger partial charge on any atom is -0.501 e. The maximum atomic E-state index is 6.31. The SMILES string of the molecule is CC(C)c1ccc(-c2[c-]cccc2)nc1.C[Si](C)(C)c1cccc2oc3c(-c4ccc(C5CC5)cn4)[c-]ccc3c12.[Ir]. The molecule has 3 aromatic carbocycles. The molecule has 215 valence electrons. The number of fused-ring (bicyclic) bond motifs is 3. The zero-order valence-electron chi connectivity index (χ0n) is 24.9. The minimum atomic E-state index is -1.47. The third-order valence-corrected chi connectivity index (χ3v) is 9.83. The van der Waals surface area contributed by atoms with Gasteiger partial charge in [-0.1, -0.05) is 86.0 Å². The molecule has 0 bridgehead atoms. The summed E-state index contributed by atoms with van der Waals surface area (Å²) in [6.45, 7) is 11.5. The van der Waals surface area contributed by atoms with Gasteiger partial charge >= 0.3 is 0 Å². The second-order valence-electron chi connectivity index (χ2n) is 12.3. The molecule has 7 rings (SSSR count). The summed E-state index contributed by atoms with van der Waals surface area (Å²) in [4.78, 5) is 9.16. The average molecular weight is 745 g/mol. The van der Waals surface area contributed by atoms with E-state index >= 15 is 0 Å². The Hall–Kier alpha value is -3.37. The maximum Gasteiger partial charge on any atom is 0.120 e. The maximum absolute atomic E-state index is 6.31. The third-order valence-electron chi connectivity index (χ3n) is 7.79. The minimum absolute atomic E-state index is 0. The summed E-state index contributed by atoms with van der Waals surface area (Å²) in [6, 6.07) is 33.6. The van der Waals surface area contributed by atoms with E-state index in [4.69, 9.17) is 9.40 Å². The first-order valence-electron chi connectivity index (χ1n) is 14.6. The molecule has 0 amide bonds. The Bertz CT molecular complexity index is 1780. The van der Waals surface area contributed by atoms with Crippen molar-refractivity contribution in [1.29, 1.82) is 0 Å². The second kappa shape index (κ2) is 12.5. The van der Waals surface area contributed by atoms with Crippen LogP contribution in [0.25, 0.3) is 44.5 Å². The first-order valence-corrected chi connectivity index (χ1v) is 18.1. The molecular formula is C37H36IrN2OSi-2. The molecule has 0 N–H and O–H groups in total. The molecule has 1 radical (unpaired) electrons. The molecule has 0 unspecified atom stereocenters. The number of furan rings is 1. The zero-order chi connectivity index (χ0) is 28.6. The fourth-order valence-corrected chi connectivity index (χ4v) is 6.88. The van der Waals surface area contributed by atoms with Crippen LogP contribution < -0.4 is 5.19 Å². The van der Waals surface area contributed by atoms with E-state index in [2.05, 4.69) is 99.1 Å². The normalized spacial score (nSPS) is 13.1. The Morgan fingerprint density at radius 1 is 0.810 bits per heavy atom. The van der Waals surface area contributed by atoms with Gasteiger partial charge in [0.15, 0.2) is 0 Å². The summed E-state index contributed by atoms with van der Waals surface area (Å²) in [5.74, 6) is 1.26. The smallest absolute Gasteiger partial charge is 0.120 e. The zero-order valence-corrected chi connectivity index (χ0v) is 28.3. The van der Waals surface area contributed by atoms with Gasteiger partial charge in [0, 0.05) is 37.9 Å². The molecule has 1 fully saturated rings. The number of hydrogen-bond acceptors (Lipinski definition) is 3. The summed E-state index contributed by atoms with van der Waals surface area (Å²) < 4.78 is 6.31. The molecule has 1 saturated carbocycles. The van der Waals surface area contributed by atoms with Gasteiger partial charge in [0.25, 0.3) is 0 Å². The third kappa shape index (κ3) is 6.34. The van der Waals surface area contributed by atoms with Gasteiger partial charge in [-0.05, 0) is 53.3 Å². The molecule has 6 aromatic rings. The van der Waals surface area contributed by atoms with Crippen molar-refractivity contribution < 1.29 is 24.5 Å². The van der Waals surface area contributed by atoms with Crippen LogP contribution in [-0.4, -0.2) is 18.0 Å². The van der Waals surface area contributed by atoms with E-state index < -0.39 is 8.07 Å². The molecule has 3 heterocycles. The van der Waals surface area contributed by atoms with Crippen molar-refractivity contribution in [2.45, 2.75) is 58.2 Å². The van der Waals surface area contributed by atoms with Gasteiger partial charge in [-0.15, -0.1) is 54.1 Å². The van der Waals surface area contributed by atoms with Crippen molar-refractivity contribution in [3.05, 3.63) is 115 Å². The van der Waals surface area contributed by atoms with Crippen molar-refractivity contribution in [2.75, 3.05) is 0 Å². The van der Waals surface area contributed by atoms with Gasteiger partial charge in [-0.25, -0.2) is 0 Å². The van der Waals surface area contributed by atoms with Crippen LogP contribution in [0, 0.1) is 12.1 Å². The molecule has 1 aliphatic rings. The molecule has 5 heteroatoms. The summed E-state index contributed by atoms with van der Waals surface area (Å²) in [6.07, 6.45) is 6.56. The number of rotatable bonds is 5. The topological polar surface area (TPSA) is 38.9 Å². The van der Waals surface area contributed by atoms with Crippen molar-refractivity contribution in [3.8, 4) is 22.5 Å². The van der Waals surface area contributed by atoms with Crippen molar-refractivity contribution in [3.63, 3.8) is 0 Å². The Morgan fingerprint density at radius 2 is 1.60 bits per heavy atom. The van der Waals surface area contributed by atoms with Gasteiger partial charge < -0.3 is 14.4 Å². The summed E-state index contributed by atoms with van der Waals surface area (Å²) in [7, 11) is -1.47. The molecule has 0 aliphatic heterocycles. The Balaban J connectivity index is 0.000000189. The largest absolute Gasteiger partial charge is 0.501 e. The first kappa shape index (κ1) is 30.1. The standard InChI is InChI=1S/C23H22NOSi.C14H14N.Ir/c1-26(2,3)21-9-5-8-20-22(21)18-7-4-6-17(23(18)25-20)19-13-12-16(14-24-19)15-10-11-15;1-11(2)13-8-9-14(15-10-13)12-6-4-3-5-7-12;/h4-5,7-9,12-15H,10-11H2,1-3H3;3-6,8-11H,1-2H3;/q2*-1;. The first-order chi connectivity index (χ1) is 19.8. The fourth-order valence-electron chi connectivity index (χ4n) is 5.28. The van der Waals surface area contributed by atoms with Crippen LogP contribution in [0.5, 0.6) is 0 Å². The van der Waals surface area contributed by atoms with Crippen molar-refractivity contribution in [2.24, 2.45) is 0 Å². The number of pyridine rings is 2. The molecule has 0 spiro atoms. The predicted molar refractivity (Wildman–Crippen MR) is 173 cm³/mol. The molecule has 1 aliphatic carbocycles. The van der Waals surface area contributed by atoms with Crippen LogP contribution in [0.1, 0.15) is 49.7 Å². The number of aromatic nitrogens is 2. The van der Waals surface area contributed by atoms with E-state index in [0.717, 1.165) is 39.6 Å². The summed E-state index contributed by atoms with van der Waals surface area (Å²) >= 11 is 0. The fraction of sp³-hybridized carbons (Fsp3) is 0.243. The van der Waals surface area contributed by atoms with E-state index in [0.29, 0.717) is 5.92 Å². The molecule has 0 atom stereocenters. The van der Waals surface area contributed by atoms with E-state index in [-0.39, 0.29) is 20.1 Å². The monoisotopic (exact) mass is 745 g/mol. The van der Waals surface area contributed by atoms with E-state index in [9.17, 15) is 0 Å². The van der Waals surface area contributed by atoms with Crippen molar-refractivity contribution >= 4 is 35.2 Å². The van der Waals surface area contributed by atoms with Crippen molar-refractivity contribution in [1.82, 2.24) is 9.97 Å². The van der Waals surface area contributed by atoms with Crippen LogP contribution in [0.3, 0.4) is 0 Å². The number of hydrogen-bond donors (Lipinski definition) is 0. The molecule has 3 nitrogen and oxygen atoms in total.